The highest BCUT2D eigenvalue weighted by Gasteiger charge is 2.68. The van der Waals surface area contributed by atoms with E-state index in [4.69, 9.17) is 16.3 Å². The number of alkyl halides is 3. The normalized spacial score (nSPS) is 29.9. The van der Waals surface area contributed by atoms with E-state index in [0.717, 1.165) is 25.0 Å². The van der Waals surface area contributed by atoms with E-state index in [1.54, 1.807) is 24.3 Å². The number of ether oxygens (including phenoxy) is 2. The average Bonchev–Trinajstić information content (AvgIpc) is 3.42. The van der Waals surface area contributed by atoms with Crippen LogP contribution in [0.2, 0.25) is 5.02 Å². The Bertz CT molecular complexity index is 1350. The van der Waals surface area contributed by atoms with Crippen molar-refractivity contribution < 1.29 is 37.0 Å². The molecule has 4 atom stereocenters. The molecule has 0 spiro atoms. The summed E-state index contributed by atoms with van der Waals surface area (Å²) in [6.07, 6.45) is -1.84. The average molecular weight is 607 g/mol. The fraction of sp³-hybridized carbons (Fsp3) is 0.516. The van der Waals surface area contributed by atoms with E-state index in [2.05, 4.69) is 30.8 Å². The van der Waals surface area contributed by atoms with Gasteiger partial charge in [0.1, 0.15) is 11.8 Å². The number of nitrogens with one attached hydrogen (secondary N) is 1. The van der Waals surface area contributed by atoms with E-state index in [1.807, 2.05) is 0 Å². The SMILES string of the molecule is COC(=O)[C@@H]1N[C@](c2ccc(Cl)cc2)(c2ccc(OC(F)(F)F)cc2)[C@H]2C(=O)N(C3CCC(C(C)(C)C)CC3)C(=O)[C@H]12. The van der Waals surface area contributed by atoms with Gasteiger partial charge in [0.05, 0.1) is 24.5 Å². The second-order valence-electron chi connectivity index (χ2n) is 12.5. The molecule has 0 aromatic heterocycles. The number of carbonyl (C=O) groups excluding carboxylic acids is 3. The minimum absolute atomic E-state index is 0.103. The number of esters is 1. The lowest BCUT2D eigenvalue weighted by atomic mass is 9.71. The van der Waals surface area contributed by atoms with E-state index in [-0.39, 0.29) is 11.5 Å². The lowest BCUT2D eigenvalue weighted by Crippen LogP contribution is -2.53. The van der Waals surface area contributed by atoms with E-state index in [0.29, 0.717) is 34.9 Å². The van der Waals surface area contributed by atoms with Crippen LogP contribution in [0.3, 0.4) is 0 Å². The number of imide groups is 1. The molecule has 2 aromatic rings. The Kier molecular flexibility index (Phi) is 7.85. The summed E-state index contributed by atoms with van der Waals surface area (Å²) in [4.78, 5) is 43.0. The molecule has 0 radical (unpaired) electrons. The molecule has 1 N–H and O–H groups in total. The molecule has 3 fully saturated rings. The lowest BCUT2D eigenvalue weighted by molar-refractivity contribution is -0.274. The van der Waals surface area contributed by atoms with Gasteiger partial charge >= 0.3 is 12.3 Å². The highest BCUT2D eigenvalue weighted by molar-refractivity contribution is 6.30. The number of carbonyl (C=O) groups is 3. The van der Waals surface area contributed by atoms with E-state index in [1.165, 1.54) is 24.1 Å². The number of methoxy groups -OCH3 is 1. The van der Waals surface area contributed by atoms with Crippen LogP contribution in [-0.4, -0.2) is 48.2 Å². The van der Waals surface area contributed by atoms with Crippen LogP contribution < -0.4 is 10.1 Å². The molecule has 0 bridgehead atoms. The largest absolute Gasteiger partial charge is 0.573 e. The van der Waals surface area contributed by atoms with E-state index < -0.39 is 53.3 Å². The van der Waals surface area contributed by atoms with Crippen molar-refractivity contribution in [3.05, 3.63) is 64.7 Å². The number of likely N-dealkylation sites (tertiary alicyclic amines) is 1. The summed E-state index contributed by atoms with van der Waals surface area (Å²) in [5.74, 6) is -3.71. The third-order valence-electron chi connectivity index (χ3n) is 9.18. The van der Waals surface area contributed by atoms with E-state index >= 15 is 0 Å². The molecule has 2 saturated heterocycles. The molecule has 1 aliphatic carbocycles. The highest BCUT2D eigenvalue weighted by atomic mass is 35.5. The molecule has 3 aliphatic rings. The number of rotatable bonds is 5. The van der Waals surface area contributed by atoms with Gasteiger partial charge < -0.3 is 9.47 Å². The first-order chi connectivity index (χ1) is 19.7. The van der Waals surface area contributed by atoms with Crippen LogP contribution in [0.1, 0.15) is 57.6 Å². The molecule has 2 heterocycles. The van der Waals surface area contributed by atoms with Crippen LogP contribution in [0.15, 0.2) is 48.5 Å². The van der Waals surface area contributed by atoms with Gasteiger partial charge in [-0.15, -0.1) is 13.2 Å². The molecule has 11 heteroatoms. The zero-order chi connectivity index (χ0) is 30.6. The van der Waals surface area contributed by atoms with Gasteiger partial charge in [-0.2, -0.15) is 0 Å². The van der Waals surface area contributed by atoms with Crippen LogP contribution in [0.5, 0.6) is 5.75 Å². The third kappa shape index (κ3) is 5.28. The Morgan fingerprint density at radius 3 is 1.98 bits per heavy atom. The minimum Gasteiger partial charge on any atom is -0.468 e. The van der Waals surface area contributed by atoms with Crippen LogP contribution in [0.4, 0.5) is 13.2 Å². The number of amides is 2. The summed E-state index contributed by atoms with van der Waals surface area (Å²) in [6, 6.07) is 10.2. The van der Waals surface area contributed by atoms with Gasteiger partial charge in [-0.1, -0.05) is 56.6 Å². The van der Waals surface area contributed by atoms with Gasteiger partial charge in [-0.3, -0.25) is 24.6 Å². The van der Waals surface area contributed by atoms with Crippen molar-refractivity contribution in [1.29, 1.82) is 0 Å². The van der Waals surface area contributed by atoms with Crippen LogP contribution in [0.25, 0.3) is 0 Å². The Balaban J connectivity index is 1.61. The highest BCUT2D eigenvalue weighted by Crippen LogP contribution is 2.53. The Morgan fingerprint density at radius 2 is 1.48 bits per heavy atom. The van der Waals surface area contributed by atoms with Crippen molar-refractivity contribution in [2.24, 2.45) is 23.2 Å². The summed E-state index contributed by atoms with van der Waals surface area (Å²) < 4.78 is 47.8. The minimum atomic E-state index is -4.89. The predicted octanol–water partition coefficient (Wildman–Crippen LogP) is 5.83. The summed E-state index contributed by atoms with van der Waals surface area (Å²) in [7, 11) is 1.21. The van der Waals surface area contributed by atoms with Gasteiger partial charge in [-0.25, -0.2) is 0 Å². The van der Waals surface area contributed by atoms with E-state index in [9.17, 15) is 27.6 Å². The topological polar surface area (TPSA) is 84.9 Å². The predicted molar refractivity (Wildman–Crippen MR) is 148 cm³/mol. The third-order valence-corrected chi connectivity index (χ3v) is 9.43. The summed E-state index contributed by atoms with van der Waals surface area (Å²) >= 11 is 6.18. The molecule has 2 aromatic carbocycles. The smallest absolute Gasteiger partial charge is 0.468 e. The number of fused-ring (bicyclic) bond motifs is 1. The second-order valence-corrected chi connectivity index (χ2v) is 12.9. The van der Waals surface area contributed by atoms with Crippen molar-refractivity contribution in [1.82, 2.24) is 10.2 Å². The summed E-state index contributed by atoms with van der Waals surface area (Å²) in [5.41, 5.74) is -0.432. The molecule has 5 rings (SSSR count). The van der Waals surface area contributed by atoms with Gasteiger partial charge in [0, 0.05) is 11.1 Å². The monoisotopic (exact) mass is 606 g/mol. The molecule has 1 saturated carbocycles. The lowest BCUT2D eigenvalue weighted by Gasteiger charge is -2.41. The molecule has 7 nitrogen and oxygen atoms in total. The zero-order valence-corrected chi connectivity index (χ0v) is 24.6. The first-order valence-electron chi connectivity index (χ1n) is 14.0. The number of nitrogens with zero attached hydrogens (tertiary/aromatic N) is 1. The van der Waals surface area contributed by atoms with Gasteiger partial charge in [0.15, 0.2) is 0 Å². The number of benzene rings is 2. The fourth-order valence-corrected chi connectivity index (χ4v) is 7.27. The standard InChI is InChI=1S/C31H34ClF3N2O5/c1-29(2,3)17-7-13-21(14-8-17)37-26(38)23-24(27(37)39)30(36-25(23)28(40)41-4,18-5-11-20(32)12-6-18)19-9-15-22(16-10-19)42-31(33,34)35/h5-6,9-12,15-17,21,23-25,36H,7-8,13-14H2,1-4H3/t17?,21?,23-,24+,25+,30+/m0/s1. The summed E-state index contributed by atoms with van der Waals surface area (Å²) in [6.45, 7) is 6.56. The molecule has 226 valence electrons. The maximum atomic E-state index is 14.4. The Hall–Kier alpha value is -3.11. The van der Waals surface area contributed by atoms with Gasteiger partial charge in [0.25, 0.3) is 0 Å². The Labute approximate surface area is 247 Å². The van der Waals surface area contributed by atoms with Crippen LogP contribution in [-0.2, 0) is 24.7 Å². The van der Waals surface area contributed by atoms with Crippen molar-refractivity contribution >= 4 is 29.4 Å². The van der Waals surface area contributed by atoms with Gasteiger partial charge in [-0.05, 0) is 72.4 Å². The molecule has 2 amide bonds. The van der Waals surface area contributed by atoms with Crippen molar-refractivity contribution in [3.8, 4) is 5.75 Å². The number of hydrogen-bond donors (Lipinski definition) is 1. The van der Waals surface area contributed by atoms with Crippen LogP contribution in [0, 0.1) is 23.2 Å². The molecule has 0 unspecified atom stereocenters. The maximum absolute atomic E-state index is 14.4. The molecular formula is C31H34ClF3N2O5. The zero-order valence-electron chi connectivity index (χ0n) is 23.8. The molecular weight excluding hydrogens is 573 g/mol. The Morgan fingerprint density at radius 1 is 0.929 bits per heavy atom. The molecule has 2 aliphatic heterocycles. The first-order valence-corrected chi connectivity index (χ1v) is 14.4. The fourth-order valence-electron chi connectivity index (χ4n) is 7.15. The van der Waals surface area contributed by atoms with Crippen molar-refractivity contribution in [3.63, 3.8) is 0 Å². The maximum Gasteiger partial charge on any atom is 0.573 e. The first kappa shape index (κ1) is 30.4. The van der Waals surface area contributed by atoms with Crippen molar-refractivity contribution in [2.75, 3.05) is 7.11 Å². The second kappa shape index (κ2) is 10.9. The van der Waals surface area contributed by atoms with Crippen molar-refractivity contribution in [2.45, 2.75) is 70.4 Å². The van der Waals surface area contributed by atoms with Crippen LogP contribution >= 0.6 is 11.6 Å². The summed E-state index contributed by atoms with van der Waals surface area (Å²) in [5, 5.41) is 3.66. The quantitative estimate of drug-likeness (QED) is 0.340. The number of halogens is 4. The van der Waals surface area contributed by atoms with Gasteiger partial charge in [0.2, 0.25) is 11.8 Å². The molecule has 42 heavy (non-hydrogen) atoms. The number of hydrogen-bond acceptors (Lipinski definition) is 6.